The molecule has 2 aromatic rings. The van der Waals surface area contributed by atoms with Crippen LogP contribution in [0, 0.1) is 0 Å². The first-order valence-corrected chi connectivity index (χ1v) is 4.11. The number of fused-ring (bicyclic) bond motifs is 1. The van der Waals surface area contributed by atoms with Gasteiger partial charge in [-0.05, 0) is 6.07 Å². The highest BCUT2D eigenvalue weighted by molar-refractivity contribution is 5.77. The van der Waals surface area contributed by atoms with Gasteiger partial charge >= 0.3 is 0 Å². The van der Waals surface area contributed by atoms with Gasteiger partial charge in [0.15, 0.2) is 17.0 Å². The Labute approximate surface area is 81.0 Å². The van der Waals surface area contributed by atoms with Gasteiger partial charge in [-0.15, -0.1) is 0 Å². The van der Waals surface area contributed by atoms with Gasteiger partial charge in [0.1, 0.15) is 0 Å². The molecule has 0 aliphatic rings. The van der Waals surface area contributed by atoms with Gasteiger partial charge < -0.3 is 15.2 Å². The zero-order valence-corrected chi connectivity index (χ0v) is 8.02. The summed E-state index contributed by atoms with van der Waals surface area (Å²) < 4.78 is 12.0. The molecule has 0 aromatic carbocycles. The number of anilines is 1. The number of methoxy groups -OCH3 is 2. The van der Waals surface area contributed by atoms with Gasteiger partial charge in [0, 0.05) is 6.20 Å². The number of hydrogen-bond acceptors (Lipinski definition) is 4. The van der Waals surface area contributed by atoms with E-state index in [1.807, 2.05) is 0 Å². The fourth-order valence-electron chi connectivity index (χ4n) is 1.40. The number of nitrogens with zero attached hydrogens (tertiary/aromatic N) is 2. The molecule has 0 aliphatic carbocycles. The second-order valence-corrected chi connectivity index (χ2v) is 2.81. The first-order valence-electron chi connectivity index (χ1n) is 4.11. The summed E-state index contributed by atoms with van der Waals surface area (Å²) in [5.41, 5.74) is 7.07. The van der Waals surface area contributed by atoms with Gasteiger partial charge in [-0.25, -0.2) is 4.52 Å². The van der Waals surface area contributed by atoms with Crippen LogP contribution in [0.25, 0.3) is 5.52 Å². The fraction of sp³-hybridized carbons (Fsp3) is 0.222. The maximum atomic E-state index is 5.76. The summed E-state index contributed by atoms with van der Waals surface area (Å²) >= 11 is 0. The van der Waals surface area contributed by atoms with Gasteiger partial charge in [-0.3, -0.25) is 0 Å². The Morgan fingerprint density at radius 2 is 2.14 bits per heavy atom. The summed E-state index contributed by atoms with van der Waals surface area (Å²) in [4.78, 5) is 0. The molecule has 74 valence electrons. The Bertz CT molecular complexity index is 464. The van der Waals surface area contributed by atoms with Crippen LogP contribution in [0.1, 0.15) is 0 Å². The lowest BCUT2D eigenvalue weighted by molar-refractivity contribution is 0.405. The van der Waals surface area contributed by atoms with Crippen LogP contribution in [0.4, 0.5) is 5.69 Å². The van der Waals surface area contributed by atoms with Crippen molar-refractivity contribution in [3.8, 4) is 11.5 Å². The van der Waals surface area contributed by atoms with Crippen LogP contribution in [0.2, 0.25) is 0 Å². The van der Waals surface area contributed by atoms with Crippen molar-refractivity contribution >= 4 is 11.2 Å². The van der Waals surface area contributed by atoms with Gasteiger partial charge in [0.25, 0.3) is 0 Å². The third-order valence-corrected chi connectivity index (χ3v) is 2.06. The summed E-state index contributed by atoms with van der Waals surface area (Å²) in [5.74, 6) is 1.23. The van der Waals surface area contributed by atoms with E-state index >= 15 is 0 Å². The molecule has 2 rings (SSSR count). The molecule has 0 unspecified atom stereocenters. The lowest BCUT2D eigenvalue weighted by atomic mass is 10.3. The molecule has 0 saturated heterocycles. The molecule has 2 heterocycles. The van der Waals surface area contributed by atoms with Crippen molar-refractivity contribution in [2.45, 2.75) is 0 Å². The summed E-state index contributed by atoms with van der Waals surface area (Å²) in [5, 5.41) is 4.10. The first-order chi connectivity index (χ1) is 6.77. The Kier molecular flexibility index (Phi) is 1.92. The number of pyridine rings is 1. The van der Waals surface area contributed by atoms with E-state index in [0.29, 0.717) is 17.2 Å². The smallest absolute Gasteiger partial charge is 0.171 e. The van der Waals surface area contributed by atoms with Crippen LogP contribution < -0.4 is 15.2 Å². The fourth-order valence-corrected chi connectivity index (χ4v) is 1.40. The Morgan fingerprint density at radius 3 is 2.79 bits per heavy atom. The Hall–Kier alpha value is -1.91. The van der Waals surface area contributed by atoms with E-state index in [4.69, 9.17) is 15.2 Å². The number of hydrogen-bond donors (Lipinski definition) is 1. The van der Waals surface area contributed by atoms with Gasteiger partial charge in [-0.1, -0.05) is 0 Å². The van der Waals surface area contributed by atoms with Crippen molar-refractivity contribution in [1.29, 1.82) is 0 Å². The van der Waals surface area contributed by atoms with E-state index in [9.17, 15) is 0 Å². The summed E-state index contributed by atoms with van der Waals surface area (Å²) in [6.45, 7) is 0. The SMILES string of the molecule is COc1cnn2ccc(N)c(OC)c12. The predicted octanol–water partition coefficient (Wildman–Crippen LogP) is 0.934. The third kappa shape index (κ3) is 1.06. The van der Waals surface area contributed by atoms with Crippen molar-refractivity contribution in [2.75, 3.05) is 20.0 Å². The molecule has 0 atom stereocenters. The lowest BCUT2D eigenvalue weighted by Gasteiger charge is -2.06. The zero-order valence-electron chi connectivity index (χ0n) is 8.02. The monoisotopic (exact) mass is 193 g/mol. The molecule has 0 fully saturated rings. The lowest BCUT2D eigenvalue weighted by Crippen LogP contribution is -1.97. The Morgan fingerprint density at radius 1 is 1.36 bits per heavy atom. The molecule has 0 spiro atoms. The molecular weight excluding hydrogens is 182 g/mol. The summed E-state index contributed by atoms with van der Waals surface area (Å²) in [6, 6.07) is 1.73. The molecule has 14 heavy (non-hydrogen) atoms. The maximum absolute atomic E-state index is 5.76. The van der Waals surface area contributed by atoms with Gasteiger partial charge in [-0.2, -0.15) is 5.10 Å². The molecule has 5 heteroatoms. The third-order valence-electron chi connectivity index (χ3n) is 2.06. The molecule has 2 aromatic heterocycles. The average Bonchev–Trinajstić information content (AvgIpc) is 2.61. The molecule has 2 N–H and O–H groups in total. The molecule has 5 nitrogen and oxygen atoms in total. The molecule has 0 radical (unpaired) electrons. The highest BCUT2D eigenvalue weighted by Crippen LogP contribution is 2.33. The van der Waals surface area contributed by atoms with E-state index in [-0.39, 0.29) is 0 Å². The van der Waals surface area contributed by atoms with Crippen molar-refractivity contribution in [2.24, 2.45) is 0 Å². The van der Waals surface area contributed by atoms with Crippen LogP contribution in [0.5, 0.6) is 11.5 Å². The summed E-state index contributed by atoms with van der Waals surface area (Å²) in [7, 11) is 3.15. The quantitative estimate of drug-likeness (QED) is 0.770. The molecular formula is C9H11N3O2. The first kappa shape index (κ1) is 8.68. The van der Waals surface area contributed by atoms with E-state index in [0.717, 1.165) is 5.52 Å². The van der Waals surface area contributed by atoms with E-state index in [1.165, 1.54) is 0 Å². The molecule has 0 bridgehead atoms. The van der Waals surface area contributed by atoms with Crippen LogP contribution in [0.15, 0.2) is 18.5 Å². The van der Waals surface area contributed by atoms with Crippen molar-refractivity contribution < 1.29 is 9.47 Å². The minimum atomic E-state index is 0.568. The van der Waals surface area contributed by atoms with E-state index in [2.05, 4.69) is 5.10 Å². The predicted molar refractivity (Wildman–Crippen MR) is 52.7 cm³/mol. The number of aromatic nitrogens is 2. The zero-order chi connectivity index (χ0) is 10.1. The highest BCUT2D eigenvalue weighted by Gasteiger charge is 2.12. The average molecular weight is 193 g/mol. The van der Waals surface area contributed by atoms with Crippen LogP contribution in [0.3, 0.4) is 0 Å². The maximum Gasteiger partial charge on any atom is 0.171 e. The second-order valence-electron chi connectivity index (χ2n) is 2.81. The normalized spacial score (nSPS) is 10.4. The minimum absolute atomic E-state index is 0.568. The van der Waals surface area contributed by atoms with Crippen molar-refractivity contribution in [3.63, 3.8) is 0 Å². The molecule has 0 aliphatic heterocycles. The van der Waals surface area contributed by atoms with E-state index < -0.39 is 0 Å². The second kappa shape index (κ2) is 3.10. The van der Waals surface area contributed by atoms with Gasteiger partial charge in [0.05, 0.1) is 26.1 Å². The van der Waals surface area contributed by atoms with E-state index in [1.54, 1.807) is 37.2 Å². The standard InChI is InChI=1S/C9H11N3O2/c1-13-7-5-11-12-4-3-6(10)9(14-2)8(7)12/h3-5H,10H2,1-2H3. The topological polar surface area (TPSA) is 61.8 Å². The Balaban J connectivity index is 2.81. The molecule has 0 amide bonds. The van der Waals surface area contributed by atoms with Crippen LogP contribution in [-0.2, 0) is 0 Å². The molecule has 0 saturated carbocycles. The van der Waals surface area contributed by atoms with Crippen molar-refractivity contribution in [3.05, 3.63) is 18.5 Å². The van der Waals surface area contributed by atoms with Crippen LogP contribution >= 0.6 is 0 Å². The van der Waals surface area contributed by atoms with Crippen LogP contribution in [-0.4, -0.2) is 23.8 Å². The summed E-state index contributed by atoms with van der Waals surface area (Å²) in [6.07, 6.45) is 3.38. The number of nitrogen functional groups attached to an aromatic ring is 1. The van der Waals surface area contributed by atoms with Gasteiger partial charge in [0.2, 0.25) is 0 Å². The number of rotatable bonds is 2. The number of nitrogens with two attached hydrogens (primary N) is 1. The number of ether oxygens (including phenoxy) is 2. The van der Waals surface area contributed by atoms with Crippen molar-refractivity contribution in [1.82, 2.24) is 9.61 Å². The largest absolute Gasteiger partial charge is 0.493 e. The minimum Gasteiger partial charge on any atom is -0.493 e. The highest BCUT2D eigenvalue weighted by atomic mass is 16.5.